The number of nitrogens with zero attached hydrogens (tertiary/aromatic N) is 1. The number of hydrogen-bond acceptors (Lipinski definition) is 2. The van der Waals surface area contributed by atoms with Crippen LogP contribution in [0, 0.1) is 5.92 Å². The quantitative estimate of drug-likeness (QED) is 0.773. The highest BCUT2D eigenvalue weighted by atomic mass is 16.2. The van der Waals surface area contributed by atoms with Crippen molar-refractivity contribution in [3.63, 3.8) is 0 Å². The van der Waals surface area contributed by atoms with Gasteiger partial charge in [0.2, 0.25) is 5.91 Å². The van der Waals surface area contributed by atoms with E-state index in [1.54, 1.807) is 0 Å². The summed E-state index contributed by atoms with van der Waals surface area (Å²) in [5.41, 5.74) is 0. The summed E-state index contributed by atoms with van der Waals surface area (Å²) in [5, 5.41) is 3.34. The van der Waals surface area contributed by atoms with Crippen molar-refractivity contribution in [2.24, 2.45) is 5.92 Å². The molecule has 0 aliphatic carbocycles. The Labute approximate surface area is 93.2 Å². The van der Waals surface area contributed by atoms with Gasteiger partial charge in [-0.3, -0.25) is 10.1 Å². The molecule has 0 aromatic heterocycles. The van der Waals surface area contributed by atoms with Gasteiger partial charge in [-0.1, -0.05) is 27.2 Å². The Morgan fingerprint density at radius 2 is 2.00 bits per heavy atom. The molecule has 0 aromatic carbocycles. The third kappa shape index (κ3) is 2.33. The fourth-order valence-electron chi connectivity index (χ4n) is 2.23. The van der Waals surface area contributed by atoms with Crippen molar-refractivity contribution in [1.29, 1.82) is 0 Å². The first kappa shape index (κ1) is 12.5. The minimum atomic E-state index is -0.0125. The zero-order valence-corrected chi connectivity index (χ0v) is 10.6. The minimum Gasteiger partial charge on any atom is -0.323 e. The van der Waals surface area contributed by atoms with E-state index in [2.05, 4.69) is 33.0 Å². The van der Waals surface area contributed by atoms with Gasteiger partial charge in [-0.15, -0.1) is 0 Å². The van der Waals surface area contributed by atoms with Crippen molar-refractivity contribution in [3.8, 4) is 0 Å². The van der Waals surface area contributed by atoms with Gasteiger partial charge in [-0.25, -0.2) is 0 Å². The normalized spacial score (nSPS) is 30.7. The summed E-state index contributed by atoms with van der Waals surface area (Å²) in [7, 11) is 0. The van der Waals surface area contributed by atoms with Crippen molar-refractivity contribution in [1.82, 2.24) is 10.2 Å². The molecule has 0 spiro atoms. The molecule has 1 N–H and O–H groups in total. The lowest BCUT2D eigenvalue weighted by Gasteiger charge is -2.33. The van der Waals surface area contributed by atoms with Crippen molar-refractivity contribution in [2.75, 3.05) is 0 Å². The lowest BCUT2D eigenvalue weighted by molar-refractivity contribution is -0.132. The molecule has 0 aromatic rings. The van der Waals surface area contributed by atoms with Gasteiger partial charge in [0, 0.05) is 6.04 Å². The maximum absolute atomic E-state index is 12.0. The van der Waals surface area contributed by atoms with Crippen LogP contribution in [-0.4, -0.2) is 29.1 Å². The number of hydrogen-bond donors (Lipinski definition) is 1. The van der Waals surface area contributed by atoms with E-state index in [0.717, 1.165) is 12.8 Å². The molecule has 1 aliphatic heterocycles. The Morgan fingerprint density at radius 1 is 1.40 bits per heavy atom. The van der Waals surface area contributed by atoms with Gasteiger partial charge >= 0.3 is 0 Å². The second-order valence-electron chi connectivity index (χ2n) is 4.68. The summed E-state index contributed by atoms with van der Waals surface area (Å²) in [5.74, 6) is 0.824. The van der Waals surface area contributed by atoms with Crippen molar-refractivity contribution in [2.45, 2.75) is 65.7 Å². The Kier molecular flexibility index (Phi) is 4.14. The first-order valence-corrected chi connectivity index (χ1v) is 6.11. The van der Waals surface area contributed by atoms with Crippen LogP contribution in [0.2, 0.25) is 0 Å². The molecule has 1 aliphatic rings. The predicted octanol–water partition coefficient (Wildman–Crippen LogP) is 1.98. The van der Waals surface area contributed by atoms with Crippen molar-refractivity contribution >= 4 is 5.91 Å². The largest absolute Gasteiger partial charge is 0.323 e. The molecule has 0 radical (unpaired) electrons. The lowest BCUT2D eigenvalue weighted by Crippen LogP contribution is -2.45. The summed E-state index contributed by atoms with van der Waals surface area (Å²) in [6.45, 7) is 10.6. The van der Waals surface area contributed by atoms with Crippen LogP contribution in [0.4, 0.5) is 0 Å². The first-order chi connectivity index (χ1) is 7.02. The Bertz CT molecular complexity index is 230. The number of carbonyl (C=O) groups excluding carboxylic acids is 1. The molecule has 4 unspecified atom stereocenters. The molecule has 0 saturated carbocycles. The first-order valence-electron chi connectivity index (χ1n) is 6.11. The van der Waals surface area contributed by atoms with Gasteiger partial charge in [0.05, 0.1) is 12.2 Å². The van der Waals surface area contributed by atoms with Crippen molar-refractivity contribution < 1.29 is 4.79 Å². The number of amides is 1. The average Bonchev–Trinajstić information content (AvgIpc) is 2.53. The highest BCUT2D eigenvalue weighted by molar-refractivity contribution is 5.84. The van der Waals surface area contributed by atoms with Crippen LogP contribution in [0.5, 0.6) is 0 Å². The van der Waals surface area contributed by atoms with Crippen LogP contribution in [0.3, 0.4) is 0 Å². The fourth-order valence-corrected chi connectivity index (χ4v) is 2.23. The van der Waals surface area contributed by atoms with Gasteiger partial charge in [0.15, 0.2) is 0 Å². The lowest BCUT2D eigenvalue weighted by atomic mass is 9.98. The highest BCUT2D eigenvalue weighted by Crippen LogP contribution is 2.22. The van der Waals surface area contributed by atoms with Gasteiger partial charge in [0.1, 0.15) is 0 Å². The second-order valence-corrected chi connectivity index (χ2v) is 4.68. The Hall–Kier alpha value is -0.570. The summed E-state index contributed by atoms with van der Waals surface area (Å²) in [4.78, 5) is 14.0. The summed E-state index contributed by atoms with van der Waals surface area (Å²) >= 11 is 0. The van der Waals surface area contributed by atoms with Gasteiger partial charge in [-0.2, -0.15) is 0 Å². The molecule has 1 rings (SSSR count). The van der Waals surface area contributed by atoms with Crippen LogP contribution in [0.25, 0.3) is 0 Å². The van der Waals surface area contributed by atoms with Crippen LogP contribution in [-0.2, 0) is 4.79 Å². The standard InChI is InChI=1S/C12H24N2O/c1-6-8(3)10(5)14-11(7-2)13-9(4)12(14)15/h8-11,13H,6-7H2,1-5H3. The van der Waals surface area contributed by atoms with Gasteiger partial charge in [-0.05, 0) is 26.2 Å². The van der Waals surface area contributed by atoms with E-state index in [1.165, 1.54) is 0 Å². The van der Waals surface area contributed by atoms with Crippen LogP contribution < -0.4 is 5.32 Å². The maximum Gasteiger partial charge on any atom is 0.240 e. The van der Waals surface area contributed by atoms with E-state index >= 15 is 0 Å². The van der Waals surface area contributed by atoms with E-state index in [-0.39, 0.29) is 18.1 Å². The topological polar surface area (TPSA) is 32.3 Å². The average molecular weight is 212 g/mol. The smallest absolute Gasteiger partial charge is 0.240 e. The number of nitrogens with one attached hydrogen (secondary N) is 1. The van der Waals surface area contributed by atoms with Crippen molar-refractivity contribution in [3.05, 3.63) is 0 Å². The fraction of sp³-hybridized carbons (Fsp3) is 0.917. The van der Waals surface area contributed by atoms with Crippen LogP contribution in [0.15, 0.2) is 0 Å². The van der Waals surface area contributed by atoms with E-state index in [1.807, 2.05) is 11.8 Å². The molecule has 3 nitrogen and oxygen atoms in total. The number of carbonyl (C=O) groups is 1. The van der Waals surface area contributed by atoms with Crippen LogP contribution in [0.1, 0.15) is 47.5 Å². The molecule has 4 atom stereocenters. The highest BCUT2D eigenvalue weighted by Gasteiger charge is 2.38. The number of rotatable bonds is 4. The van der Waals surface area contributed by atoms with Gasteiger partial charge in [0.25, 0.3) is 0 Å². The van der Waals surface area contributed by atoms with Crippen LogP contribution >= 0.6 is 0 Å². The molecule has 15 heavy (non-hydrogen) atoms. The maximum atomic E-state index is 12.0. The molecular weight excluding hydrogens is 188 g/mol. The SMILES string of the molecule is CCC(C)C(C)N1C(=O)C(C)NC1CC. The molecule has 1 heterocycles. The third-order valence-corrected chi connectivity index (χ3v) is 3.70. The molecule has 1 saturated heterocycles. The Morgan fingerprint density at radius 3 is 2.47 bits per heavy atom. The Balaban J connectivity index is 2.77. The summed E-state index contributed by atoms with van der Waals surface area (Å²) < 4.78 is 0. The van der Waals surface area contributed by atoms with Gasteiger partial charge < -0.3 is 4.90 Å². The molecular formula is C12H24N2O. The second kappa shape index (κ2) is 4.97. The molecule has 1 fully saturated rings. The van der Waals surface area contributed by atoms with E-state index in [9.17, 15) is 4.79 Å². The molecule has 88 valence electrons. The summed E-state index contributed by atoms with van der Waals surface area (Å²) in [6.07, 6.45) is 2.34. The molecule has 0 bridgehead atoms. The predicted molar refractivity (Wildman–Crippen MR) is 62.4 cm³/mol. The zero-order chi connectivity index (χ0) is 11.6. The van der Waals surface area contributed by atoms with E-state index in [4.69, 9.17) is 0 Å². The third-order valence-electron chi connectivity index (χ3n) is 3.70. The van der Waals surface area contributed by atoms with E-state index in [0.29, 0.717) is 12.0 Å². The van der Waals surface area contributed by atoms with E-state index < -0.39 is 0 Å². The molecule has 3 heteroatoms. The minimum absolute atomic E-state index is 0.0125. The monoisotopic (exact) mass is 212 g/mol. The molecule has 1 amide bonds. The summed E-state index contributed by atoms with van der Waals surface area (Å²) in [6, 6.07) is 0.325. The zero-order valence-electron chi connectivity index (χ0n) is 10.6.